The van der Waals surface area contributed by atoms with Gasteiger partial charge in [0.15, 0.2) is 0 Å². The molecule has 0 fully saturated rings. The lowest BCUT2D eigenvalue weighted by molar-refractivity contribution is -0.135. The number of carbonyl (C=O) groups is 2. The Bertz CT molecular complexity index is 150. The minimum atomic E-state index is -0.833. The molecule has 4 heteroatoms. The number of hydrogen-bond acceptors (Lipinski definition) is 2. The predicted molar refractivity (Wildman–Crippen MR) is 51.6 cm³/mol. The van der Waals surface area contributed by atoms with Crippen molar-refractivity contribution in [3.63, 3.8) is 0 Å². The highest BCUT2D eigenvalue weighted by molar-refractivity contribution is 5.63. The molecule has 0 aromatic heterocycles. The molecule has 0 amide bonds. The van der Waals surface area contributed by atoms with Gasteiger partial charge in [0.1, 0.15) is 0 Å². The zero-order valence-electron chi connectivity index (χ0n) is 8.15. The highest BCUT2D eigenvalue weighted by Crippen LogP contribution is 1.64. The van der Waals surface area contributed by atoms with E-state index >= 15 is 0 Å². The molecular formula is C9H16O4. The third-order valence-corrected chi connectivity index (χ3v) is 0.329. The first-order chi connectivity index (χ1) is 5.88. The lowest BCUT2D eigenvalue weighted by Gasteiger charge is -1.59. The summed E-state index contributed by atoms with van der Waals surface area (Å²) in [5, 5.41) is 14.8. The summed E-state index contributed by atoms with van der Waals surface area (Å²) in [5.74, 6) is -1.67. The molecule has 0 aliphatic heterocycles. The maximum atomic E-state index is 9.00. The van der Waals surface area contributed by atoms with Gasteiger partial charge >= 0.3 is 0 Å². The Labute approximate surface area is 78.2 Å². The fraction of sp³-hybridized carbons (Fsp3) is 0.333. The van der Waals surface area contributed by atoms with E-state index in [4.69, 9.17) is 19.8 Å². The molecule has 13 heavy (non-hydrogen) atoms. The molecule has 76 valence electrons. The van der Waals surface area contributed by atoms with E-state index in [-0.39, 0.29) is 0 Å². The van der Waals surface area contributed by atoms with Crippen LogP contribution in [0.3, 0.4) is 0 Å². The highest BCUT2D eigenvalue weighted by Gasteiger charge is 1.65. The number of allylic oxidation sites excluding steroid dienone is 3. The van der Waals surface area contributed by atoms with E-state index in [9.17, 15) is 0 Å². The van der Waals surface area contributed by atoms with Crippen LogP contribution in [0.25, 0.3) is 0 Å². The van der Waals surface area contributed by atoms with Gasteiger partial charge in [0.05, 0.1) is 0 Å². The maximum absolute atomic E-state index is 9.00. The van der Waals surface area contributed by atoms with Crippen molar-refractivity contribution in [2.75, 3.05) is 0 Å². The minimum Gasteiger partial charge on any atom is -0.481 e. The lowest BCUT2D eigenvalue weighted by Crippen LogP contribution is -1.78. The van der Waals surface area contributed by atoms with Crippen molar-refractivity contribution in [1.82, 2.24) is 0 Å². The van der Waals surface area contributed by atoms with Crippen molar-refractivity contribution in [1.29, 1.82) is 0 Å². The summed E-state index contributed by atoms with van der Waals surface area (Å²) in [5.41, 5.74) is 0. The van der Waals surface area contributed by atoms with Gasteiger partial charge in [0.2, 0.25) is 0 Å². The Hall–Kier alpha value is -1.58. The predicted octanol–water partition coefficient (Wildman–Crippen LogP) is 1.93. The summed E-state index contributed by atoms with van der Waals surface area (Å²) in [7, 11) is 0. The quantitative estimate of drug-likeness (QED) is 0.616. The van der Waals surface area contributed by atoms with Gasteiger partial charge in [-0.05, 0) is 6.92 Å². The molecule has 0 atom stereocenters. The molecule has 0 unspecified atom stereocenters. The number of rotatable bonds is 1. The average molecular weight is 188 g/mol. The fourth-order valence-electron chi connectivity index (χ4n) is 0.136. The zero-order chi connectivity index (χ0) is 11.3. The van der Waals surface area contributed by atoms with Crippen LogP contribution in [-0.2, 0) is 9.59 Å². The summed E-state index contributed by atoms with van der Waals surface area (Å²) in [6.45, 7) is 7.59. The van der Waals surface area contributed by atoms with Crippen LogP contribution >= 0.6 is 0 Å². The molecule has 0 aliphatic rings. The smallest absolute Gasteiger partial charge is 0.300 e. The molecule has 2 N–H and O–H groups in total. The summed E-state index contributed by atoms with van der Waals surface area (Å²) in [6, 6.07) is 0. The Morgan fingerprint density at radius 3 is 1.38 bits per heavy atom. The van der Waals surface area contributed by atoms with E-state index in [2.05, 4.69) is 6.58 Å². The van der Waals surface area contributed by atoms with Crippen LogP contribution in [0, 0.1) is 0 Å². The van der Waals surface area contributed by atoms with Gasteiger partial charge in [0, 0.05) is 13.8 Å². The molecule has 0 spiro atoms. The largest absolute Gasteiger partial charge is 0.481 e. The van der Waals surface area contributed by atoms with Gasteiger partial charge in [-0.1, -0.05) is 24.8 Å². The number of carboxylic acid groups (broad SMARTS) is 2. The Morgan fingerprint density at radius 1 is 1.15 bits per heavy atom. The van der Waals surface area contributed by atoms with Crippen molar-refractivity contribution in [2.45, 2.75) is 20.8 Å². The summed E-state index contributed by atoms with van der Waals surface area (Å²) in [4.78, 5) is 18.0. The molecule has 4 nitrogen and oxygen atoms in total. The van der Waals surface area contributed by atoms with Crippen molar-refractivity contribution in [3.8, 4) is 0 Å². The molecule has 0 saturated carbocycles. The molecule has 0 aromatic carbocycles. The zero-order valence-corrected chi connectivity index (χ0v) is 8.15. The van der Waals surface area contributed by atoms with Gasteiger partial charge in [-0.15, -0.1) is 0 Å². The van der Waals surface area contributed by atoms with Crippen molar-refractivity contribution in [2.24, 2.45) is 0 Å². The lowest BCUT2D eigenvalue weighted by atomic mass is 10.5. The minimum absolute atomic E-state index is 0.833. The molecule has 0 rings (SSSR count). The number of hydrogen-bond donors (Lipinski definition) is 2. The van der Waals surface area contributed by atoms with Crippen LogP contribution < -0.4 is 0 Å². The van der Waals surface area contributed by atoms with Crippen molar-refractivity contribution in [3.05, 3.63) is 24.8 Å². The first-order valence-corrected chi connectivity index (χ1v) is 3.51. The van der Waals surface area contributed by atoms with Crippen LogP contribution in [0.1, 0.15) is 20.8 Å². The van der Waals surface area contributed by atoms with E-state index in [0.717, 1.165) is 13.8 Å². The van der Waals surface area contributed by atoms with Crippen LogP contribution in [0.4, 0.5) is 0 Å². The van der Waals surface area contributed by atoms with Gasteiger partial charge in [-0.25, -0.2) is 0 Å². The molecule has 0 saturated heterocycles. The van der Waals surface area contributed by atoms with Gasteiger partial charge in [0.25, 0.3) is 11.9 Å². The third-order valence-electron chi connectivity index (χ3n) is 0.329. The molecule has 0 aromatic rings. The third kappa shape index (κ3) is 4190. The normalized spacial score (nSPS) is 7.31. The van der Waals surface area contributed by atoms with Crippen molar-refractivity contribution >= 4 is 11.9 Å². The number of aliphatic carboxylic acids is 2. The van der Waals surface area contributed by atoms with Crippen molar-refractivity contribution < 1.29 is 19.8 Å². The number of carboxylic acids is 2. The van der Waals surface area contributed by atoms with E-state index in [0.29, 0.717) is 0 Å². The monoisotopic (exact) mass is 188 g/mol. The van der Waals surface area contributed by atoms with Gasteiger partial charge in [-0.2, -0.15) is 0 Å². The van der Waals surface area contributed by atoms with Crippen LogP contribution in [0.5, 0.6) is 0 Å². The summed E-state index contributed by atoms with van der Waals surface area (Å²) >= 11 is 0. The first kappa shape index (κ1) is 17.5. The van der Waals surface area contributed by atoms with Gasteiger partial charge in [-0.3, -0.25) is 9.59 Å². The molecule has 0 radical (unpaired) electrons. The SMILES string of the molecule is C=CC=CC.CC(=O)O.CC(=O)O. The Morgan fingerprint density at radius 2 is 1.38 bits per heavy atom. The molecule has 0 aliphatic carbocycles. The van der Waals surface area contributed by atoms with Crippen LogP contribution in [0.15, 0.2) is 24.8 Å². The second-order valence-corrected chi connectivity index (χ2v) is 1.80. The standard InChI is InChI=1S/C5H8.2C2H4O2/c1-3-5-4-2;2*1-2(3)4/h3-5H,1H2,2H3;2*1H3,(H,3,4). The Balaban J connectivity index is -0.000000117. The van der Waals surface area contributed by atoms with E-state index in [1.54, 1.807) is 6.08 Å². The second kappa shape index (κ2) is 16.8. The molecule has 0 heterocycles. The highest BCUT2D eigenvalue weighted by atomic mass is 16.4. The van der Waals surface area contributed by atoms with E-state index in [1.807, 2.05) is 19.1 Å². The maximum Gasteiger partial charge on any atom is 0.300 e. The molecule has 0 bridgehead atoms. The fourth-order valence-corrected chi connectivity index (χ4v) is 0.136. The average Bonchev–Trinajstić information content (AvgIpc) is 1.86. The van der Waals surface area contributed by atoms with Crippen LogP contribution in [0.2, 0.25) is 0 Å². The molecular weight excluding hydrogens is 172 g/mol. The van der Waals surface area contributed by atoms with E-state index in [1.165, 1.54) is 0 Å². The van der Waals surface area contributed by atoms with E-state index < -0.39 is 11.9 Å². The van der Waals surface area contributed by atoms with Gasteiger partial charge < -0.3 is 10.2 Å². The Kier molecular flexibility index (Phi) is 22.6. The first-order valence-electron chi connectivity index (χ1n) is 3.51. The summed E-state index contributed by atoms with van der Waals surface area (Å²) in [6.07, 6.45) is 5.58. The second-order valence-electron chi connectivity index (χ2n) is 1.80. The van der Waals surface area contributed by atoms with Crippen LogP contribution in [-0.4, -0.2) is 22.2 Å². The summed E-state index contributed by atoms with van der Waals surface area (Å²) < 4.78 is 0. The topological polar surface area (TPSA) is 74.6 Å².